The van der Waals surface area contributed by atoms with E-state index in [0.29, 0.717) is 25.9 Å². The Balaban J connectivity index is 2.31. The first kappa shape index (κ1) is 20.9. The van der Waals surface area contributed by atoms with Crippen LogP contribution in [0.2, 0.25) is 0 Å². The van der Waals surface area contributed by atoms with Crippen LogP contribution >= 0.6 is 0 Å². The largest absolute Gasteiger partial charge is 0.360 e. The summed E-state index contributed by atoms with van der Waals surface area (Å²) in [4.78, 5) is 14.8. The maximum absolute atomic E-state index is 13.2. The molecule has 1 aliphatic rings. The van der Waals surface area contributed by atoms with E-state index in [9.17, 15) is 13.2 Å². The van der Waals surface area contributed by atoms with Crippen molar-refractivity contribution in [2.75, 3.05) is 20.1 Å². The van der Waals surface area contributed by atoms with Gasteiger partial charge in [0.25, 0.3) is 0 Å². The molecule has 0 bridgehead atoms. The van der Waals surface area contributed by atoms with Gasteiger partial charge in [-0.1, -0.05) is 31.8 Å². The smallest absolute Gasteiger partial charge is 0.246 e. The maximum Gasteiger partial charge on any atom is 0.246 e. The minimum Gasteiger partial charge on any atom is -0.360 e. The molecule has 0 aliphatic heterocycles. The summed E-state index contributed by atoms with van der Waals surface area (Å²) in [5, 5.41) is 3.72. The molecule has 1 aromatic rings. The van der Waals surface area contributed by atoms with E-state index in [1.807, 2.05) is 13.8 Å². The lowest BCUT2D eigenvalue weighted by atomic mass is 9.91. The van der Waals surface area contributed by atoms with Gasteiger partial charge < -0.3 is 15.2 Å². The lowest BCUT2D eigenvalue weighted by molar-refractivity contribution is -0.137. The van der Waals surface area contributed by atoms with Crippen molar-refractivity contribution in [1.82, 2.24) is 14.8 Å². The van der Waals surface area contributed by atoms with Crippen molar-refractivity contribution in [3.63, 3.8) is 0 Å². The van der Waals surface area contributed by atoms with Gasteiger partial charge in [-0.2, -0.15) is 4.72 Å². The van der Waals surface area contributed by atoms with E-state index in [2.05, 4.69) is 9.88 Å². The van der Waals surface area contributed by atoms with E-state index in [0.717, 1.165) is 12.8 Å². The highest BCUT2D eigenvalue weighted by molar-refractivity contribution is 7.89. The molecule has 1 saturated carbocycles. The van der Waals surface area contributed by atoms with Gasteiger partial charge in [-0.3, -0.25) is 4.79 Å². The fourth-order valence-corrected chi connectivity index (χ4v) is 5.40. The Morgan fingerprint density at radius 3 is 2.38 bits per heavy atom. The van der Waals surface area contributed by atoms with Crippen LogP contribution in [0.1, 0.15) is 51.0 Å². The molecule has 0 aromatic carbocycles. The number of aryl methyl sites for hydroxylation is 2. The first-order chi connectivity index (χ1) is 11.9. The van der Waals surface area contributed by atoms with E-state index in [1.165, 1.54) is 0 Å². The Bertz CT molecular complexity index is 744. The Labute approximate surface area is 155 Å². The van der Waals surface area contributed by atoms with Gasteiger partial charge >= 0.3 is 0 Å². The fourth-order valence-electron chi connectivity index (χ4n) is 3.65. The number of sulfonamides is 1. The summed E-state index contributed by atoms with van der Waals surface area (Å²) in [5.74, 6) is 0.0000702. The van der Waals surface area contributed by atoms with E-state index >= 15 is 0 Å². The Morgan fingerprint density at radius 2 is 1.92 bits per heavy atom. The van der Waals surface area contributed by atoms with Gasteiger partial charge in [0.15, 0.2) is 5.76 Å². The number of carbonyl (C=O) groups excluding carboxylic acids is 1. The highest BCUT2D eigenvalue weighted by Gasteiger charge is 2.47. The minimum atomic E-state index is -3.93. The van der Waals surface area contributed by atoms with Crippen LogP contribution < -0.4 is 10.5 Å². The Morgan fingerprint density at radius 1 is 1.35 bits per heavy atom. The molecule has 0 spiro atoms. The molecule has 1 heterocycles. The number of hydrogen-bond donors (Lipinski definition) is 2. The standard InChI is InChI=1S/C17H30N4O4S/c1-12-14(13(2)25-19-12)26(23,24)20-17(8-6-7-9-17)15(22)21(5)11-16(3,4)10-18/h20H,6-11,18H2,1-5H3. The summed E-state index contributed by atoms with van der Waals surface area (Å²) < 4.78 is 33.6. The summed E-state index contributed by atoms with van der Waals surface area (Å²) in [6, 6.07) is 0. The van der Waals surface area contributed by atoms with Crippen LogP contribution in [0.4, 0.5) is 0 Å². The van der Waals surface area contributed by atoms with Crippen LogP contribution in [-0.4, -0.2) is 50.1 Å². The van der Waals surface area contributed by atoms with Crippen molar-refractivity contribution in [3.05, 3.63) is 11.5 Å². The lowest BCUT2D eigenvalue weighted by Crippen LogP contribution is -2.58. The summed E-state index contributed by atoms with van der Waals surface area (Å²) in [6.07, 6.45) is 2.54. The topological polar surface area (TPSA) is 119 Å². The number of nitrogens with zero attached hydrogens (tertiary/aromatic N) is 2. The van der Waals surface area contributed by atoms with Gasteiger partial charge in [0.05, 0.1) is 0 Å². The normalized spacial score (nSPS) is 17.5. The first-order valence-corrected chi connectivity index (χ1v) is 10.3. The molecule has 0 saturated heterocycles. The van der Waals surface area contributed by atoms with Crippen LogP contribution in [-0.2, 0) is 14.8 Å². The molecule has 0 radical (unpaired) electrons. The molecule has 8 nitrogen and oxygen atoms in total. The zero-order chi connectivity index (χ0) is 19.8. The number of carbonyl (C=O) groups is 1. The average Bonchev–Trinajstić information content (AvgIpc) is 3.13. The summed E-state index contributed by atoms with van der Waals surface area (Å²) in [6.45, 7) is 7.97. The zero-order valence-electron chi connectivity index (χ0n) is 16.3. The third-order valence-corrected chi connectivity index (χ3v) is 6.78. The molecule has 9 heteroatoms. The SMILES string of the molecule is Cc1noc(C)c1S(=O)(=O)NC1(C(=O)N(C)CC(C)(C)CN)CCCC1. The van der Waals surface area contributed by atoms with Crippen molar-refractivity contribution in [2.24, 2.45) is 11.1 Å². The van der Waals surface area contributed by atoms with Crippen LogP contribution in [0, 0.1) is 19.3 Å². The summed E-state index contributed by atoms with van der Waals surface area (Å²) in [7, 11) is -2.23. The second-order valence-electron chi connectivity index (χ2n) is 8.08. The number of hydrogen-bond acceptors (Lipinski definition) is 6. The molecule has 1 aromatic heterocycles. The molecule has 1 fully saturated rings. The van der Waals surface area contributed by atoms with Crippen molar-refractivity contribution in [3.8, 4) is 0 Å². The van der Waals surface area contributed by atoms with Crippen LogP contribution in [0.3, 0.4) is 0 Å². The van der Waals surface area contributed by atoms with Gasteiger partial charge in [0.2, 0.25) is 15.9 Å². The molecular formula is C17H30N4O4S. The van der Waals surface area contributed by atoms with Gasteiger partial charge in [-0.25, -0.2) is 8.42 Å². The number of nitrogens with one attached hydrogen (secondary N) is 1. The van der Waals surface area contributed by atoms with E-state index in [4.69, 9.17) is 10.3 Å². The predicted molar refractivity (Wildman–Crippen MR) is 98.0 cm³/mol. The number of amides is 1. The number of rotatable bonds is 7. The van der Waals surface area contributed by atoms with Gasteiger partial charge in [0.1, 0.15) is 16.1 Å². The highest BCUT2D eigenvalue weighted by Crippen LogP contribution is 2.34. The monoisotopic (exact) mass is 386 g/mol. The Hall–Kier alpha value is -1.45. The molecule has 0 atom stereocenters. The van der Waals surface area contributed by atoms with Crippen LogP contribution in [0.25, 0.3) is 0 Å². The third kappa shape index (κ3) is 4.10. The molecule has 148 valence electrons. The quantitative estimate of drug-likeness (QED) is 0.730. The van der Waals surface area contributed by atoms with Gasteiger partial charge in [-0.15, -0.1) is 0 Å². The molecule has 1 amide bonds. The molecule has 2 rings (SSSR count). The van der Waals surface area contributed by atoms with Gasteiger partial charge in [-0.05, 0) is 38.6 Å². The van der Waals surface area contributed by atoms with Crippen molar-refractivity contribution >= 4 is 15.9 Å². The summed E-state index contributed by atoms with van der Waals surface area (Å²) in [5.41, 5.74) is 4.68. The number of aromatic nitrogens is 1. The van der Waals surface area contributed by atoms with Gasteiger partial charge in [0, 0.05) is 13.6 Å². The second-order valence-corrected chi connectivity index (χ2v) is 9.70. The number of likely N-dealkylation sites (N-methyl/N-ethyl adjacent to an activating group) is 1. The van der Waals surface area contributed by atoms with Crippen LogP contribution in [0.15, 0.2) is 9.42 Å². The zero-order valence-corrected chi connectivity index (χ0v) is 17.1. The number of nitrogens with two attached hydrogens (primary N) is 1. The highest BCUT2D eigenvalue weighted by atomic mass is 32.2. The first-order valence-electron chi connectivity index (χ1n) is 8.87. The van der Waals surface area contributed by atoms with Crippen molar-refractivity contribution < 1.29 is 17.7 Å². The fraction of sp³-hybridized carbons (Fsp3) is 0.765. The van der Waals surface area contributed by atoms with Crippen LogP contribution in [0.5, 0.6) is 0 Å². The molecule has 0 unspecified atom stereocenters. The Kier molecular flexibility index (Phi) is 5.84. The third-order valence-electron chi connectivity index (χ3n) is 5.00. The molecular weight excluding hydrogens is 356 g/mol. The lowest BCUT2D eigenvalue weighted by Gasteiger charge is -2.36. The second kappa shape index (κ2) is 7.28. The molecule has 26 heavy (non-hydrogen) atoms. The maximum atomic E-state index is 13.2. The van der Waals surface area contributed by atoms with Crippen molar-refractivity contribution in [1.29, 1.82) is 0 Å². The molecule has 3 N–H and O–H groups in total. The summed E-state index contributed by atoms with van der Waals surface area (Å²) >= 11 is 0. The average molecular weight is 387 g/mol. The van der Waals surface area contributed by atoms with Crippen molar-refractivity contribution in [2.45, 2.75) is 63.8 Å². The predicted octanol–water partition coefficient (Wildman–Crippen LogP) is 1.33. The molecule has 1 aliphatic carbocycles. The van der Waals surface area contributed by atoms with E-state index in [-0.39, 0.29) is 27.7 Å². The minimum absolute atomic E-state index is 0.0153. The van der Waals surface area contributed by atoms with E-state index < -0.39 is 15.6 Å². The van der Waals surface area contributed by atoms with E-state index in [1.54, 1.807) is 25.8 Å².